The monoisotopic (exact) mass is 348 g/mol. The number of rotatable bonds is 4. The molecular formula is C19H28N2O4. The zero-order valence-corrected chi connectivity index (χ0v) is 15.1. The van der Waals surface area contributed by atoms with Gasteiger partial charge in [-0.3, -0.25) is 0 Å². The van der Waals surface area contributed by atoms with E-state index >= 15 is 0 Å². The summed E-state index contributed by atoms with van der Waals surface area (Å²) in [4.78, 5) is 12.2. The Balaban J connectivity index is 1.54. The summed E-state index contributed by atoms with van der Waals surface area (Å²) in [5.74, 6) is 1.56. The van der Waals surface area contributed by atoms with Crippen molar-refractivity contribution in [3.8, 4) is 11.5 Å². The summed E-state index contributed by atoms with van der Waals surface area (Å²) < 4.78 is 16.7. The molecule has 1 atom stereocenters. The van der Waals surface area contributed by atoms with E-state index in [4.69, 9.17) is 14.2 Å². The van der Waals surface area contributed by atoms with Crippen LogP contribution in [0.4, 0.5) is 4.79 Å². The van der Waals surface area contributed by atoms with E-state index in [0.29, 0.717) is 26.4 Å². The maximum absolute atomic E-state index is 12.2. The van der Waals surface area contributed by atoms with Crippen LogP contribution in [0.5, 0.6) is 11.5 Å². The third-order valence-electron chi connectivity index (χ3n) is 4.80. The second-order valence-corrected chi connectivity index (χ2v) is 7.31. The van der Waals surface area contributed by atoms with Crippen LogP contribution in [0.3, 0.4) is 0 Å². The number of carbonyl (C=O) groups is 1. The maximum Gasteiger partial charge on any atom is 0.315 e. The van der Waals surface area contributed by atoms with E-state index in [1.165, 1.54) is 0 Å². The lowest BCUT2D eigenvalue weighted by atomic mass is 9.84. The number of amides is 2. The van der Waals surface area contributed by atoms with Gasteiger partial charge in [0.05, 0.1) is 0 Å². The molecular weight excluding hydrogens is 320 g/mol. The zero-order valence-electron chi connectivity index (χ0n) is 15.1. The van der Waals surface area contributed by atoms with Crippen molar-refractivity contribution in [2.24, 2.45) is 0 Å². The third kappa shape index (κ3) is 4.78. The lowest BCUT2D eigenvalue weighted by Crippen LogP contribution is -2.46. The molecule has 1 unspecified atom stereocenters. The highest BCUT2D eigenvalue weighted by Crippen LogP contribution is 2.34. The highest BCUT2D eigenvalue weighted by Gasteiger charge is 2.24. The molecule has 1 aromatic carbocycles. The highest BCUT2D eigenvalue weighted by molar-refractivity contribution is 5.74. The second kappa shape index (κ2) is 7.95. The van der Waals surface area contributed by atoms with Gasteiger partial charge in [-0.1, -0.05) is 19.9 Å². The van der Waals surface area contributed by atoms with Crippen molar-refractivity contribution in [1.29, 1.82) is 0 Å². The van der Waals surface area contributed by atoms with Crippen molar-refractivity contribution < 1.29 is 19.0 Å². The minimum atomic E-state index is -0.209. The van der Waals surface area contributed by atoms with E-state index in [-0.39, 0.29) is 17.5 Å². The van der Waals surface area contributed by atoms with Crippen LogP contribution in [0.15, 0.2) is 18.2 Å². The minimum Gasteiger partial charge on any atom is -0.486 e. The van der Waals surface area contributed by atoms with Gasteiger partial charge in [-0.25, -0.2) is 4.79 Å². The molecule has 2 aliphatic heterocycles. The number of nitrogens with one attached hydrogen (secondary N) is 2. The lowest BCUT2D eigenvalue weighted by molar-refractivity contribution is 0.142. The molecule has 0 aliphatic carbocycles. The lowest BCUT2D eigenvalue weighted by Gasteiger charge is -2.28. The van der Waals surface area contributed by atoms with Crippen LogP contribution < -0.4 is 20.1 Å². The van der Waals surface area contributed by atoms with E-state index in [9.17, 15) is 4.79 Å². The molecule has 1 fully saturated rings. The van der Waals surface area contributed by atoms with Crippen LogP contribution >= 0.6 is 0 Å². The van der Waals surface area contributed by atoms with Crippen molar-refractivity contribution >= 4 is 6.03 Å². The molecule has 0 radical (unpaired) electrons. The van der Waals surface area contributed by atoms with E-state index in [0.717, 1.165) is 42.9 Å². The molecule has 0 saturated carbocycles. The molecule has 3 rings (SSSR count). The van der Waals surface area contributed by atoms with Crippen molar-refractivity contribution in [2.45, 2.75) is 44.6 Å². The molecule has 25 heavy (non-hydrogen) atoms. The van der Waals surface area contributed by atoms with E-state index in [1.54, 1.807) is 0 Å². The maximum atomic E-state index is 12.2. The number of benzene rings is 1. The minimum absolute atomic E-state index is 0.113. The summed E-state index contributed by atoms with van der Waals surface area (Å²) in [6.07, 6.45) is 2.84. The van der Waals surface area contributed by atoms with Crippen molar-refractivity contribution in [3.63, 3.8) is 0 Å². The molecule has 1 saturated heterocycles. The molecule has 2 N–H and O–H groups in total. The summed E-state index contributed by atoms with van der Waals surface area (Å²) in [6.45, 7) is 7.43. The average molecular weight is 348 g/mol. The number of carbonyl (C=O) groups excluding carboxylic acids is 1. The molecule has 6 heteroatoms. The molecule has 0 spiro atoms. The fourth-order valence-corrected chi connectivity index (χ4v) is 3.15. The SMILES string of the molecule is CC(C)(CNC(=O)NC1CCCOCC1)c1ccc2c(c1)OCCO2. The largest absolute Gasteiger partial charge is 0.486 e. The van der Waals surface area contributed by atoms with Crippen LogP contribution in [0, 0.1) is 0 Å². The van der Waals surface area contributed by atoms with Gasteiger partial charge in [0.1, 0.15) is 13.2 Å². The third-order valence-corrected chi connectivity index (χ3v) is 4.80. The van der Waals surface area contributed by atoms with Crippen molar-refractivity contribution in [2.75, 3.05) is 33.0 Å². The Labute approximate surface area is 149 Å². The molecule has 0 aromatic heterocycles. The molecule has 1 aromatic rings. The Morgan fingerprint density at radius 3 is 2.76 bits per heavy atom. The number of urea groups is 1. The topological polar surface area (TPSA) is 68.8 Å². The van der Waals surface area contributed by atoms with Gasteiger partial charge in [-0.2, -0.15) is 0 Å². The molecule has 2 amide bonds. The highest BCUT2D eigenvalue weighted by atomic mass is 16.6. The van der Waals surface area contributed by atoms with Crippen LogP contribution in [-0.2, 0) is 10.2 Å². The number of fused-ring (bicyclic) bond motifs is 1. The number of hydrogen-bond acceptors (Lipinski definition) is 4. The first-order chi connectivity index (χ1) is 12.0. The first-order valence-electron chi connectivity index (χ1n) is 9.07. The van der Waals surface area contributed by atoms with E-state index in [2.05, 4.69) is 24.5 Å². The van der Waals surface area contributed by atoms with Crippen LogP contribution in [0.25, 0.3) is 0 Å². The predicted octanol–water partition coefficient (Wildman–Crippen LogP) is 2.60. The van der Waals surface area contributed by atoms with Gasteiger partial charge in [0.2, 0.25) is 0 Å². The quantitative estimate of drug-likeness (QED) is 0.878. The predicted molar refractivity (Wildman–Crippen MR) is 95.5 cm³/mol. The summed E-state index contributed by atoms with van der Waals surface area (Å²) in [7, 11) is 0. The van der Waals surface area contributed by atoms with Gasteiger partial charge in [0, 0.05) is 31.2 Å². The van der Waals surface area contributed by atoms with Gasteiger partial charge >= 0.3 is 6.03 Å². The smallest absolute Gasteiger partial charge is 0.315 e. The molecule has 2 aliphatic rings. The van der Waals surface area contributed by atoms with E-state index in [1.807, 2.05) is 18.2 Å². The van der Waals surface area contributed by atoms with Crippen molar-refractivity contribution in [1.82, 2.24) is 10.6 Å². The van der Waals surface area contributed by atoms with Gasteiger partial charge < -0.3 is 24.8 Å². The van der Waals surface area contributed by atoms with Gasteiger partial charge in [-0.15, -0.1) is 0 Å². The zero-order chi connectivity index (χ0) is 17.7. The Kier molecular flexibility index (Phi) is 5.68. The second-order valence-electron chi connectivity index (χ2n) is 7.31. The van der Waals surface area contributed by atoms with Crippen LogP contribution in [-0.4, -0.2) is 45.0 Å². The van der Waals surface area contributed by atoms with Crippen LogP contribution in [0.1, 0.15) is 38.7 Å². The number of hydrogen-bond donors (Lipinski definition) is 2. The summed E-state index contributed by atoms with van der Waals surface area (Å²) in [5.41, 5.74) is 0.902. The van der Waals surface area contributed by atoms with Gasteiger partial charge in [0.15, 0.2) is 11.5 Å². The Morgan fingerprint density at radius 2 is 1.92 bits per heavy atom. The average Bonchev–Trinajstić information content (AvgIpc) is 2.88. The Bertz CT molecular complexity index is 595. The summed E-state index contributed by atoms with van der Waals surface area (Å²) >= 11 is 0. The summed E-state index contributed by atoms with van der Waals surface area (Å²) in [6, 6.07) is 6.07. The molecule has 0 bridgehead atoms. The molecule has 2 heterocycles. The number of ether oxygens (including phenoxy) is 3. The normalized spacial score (nSPS) is 20.5. The molecule has 138 valence electrons. The first kappa shape index (κ1) is 17.9. The van der Waals surface area contributed by atoms with Crippen LogP contribution in [0.2, 0.25) is 0 Å². The first-order valence-corrected chi connectivity index (χ1v) is 9.07. The van der Waals surface area contributed by atoms with Crippen molar-refractivity contribution in [3.05, 3.63) is 23.8 Å². The Hall–Kier alpha value is -1.95. The van der Waals surface area contributed by atoms with Gasteiger partial charge in [0.25, 0.3) is 0 Å². The standard InChI is InChI=1S/C19H28N2O4/c1-19(2,14-5-6-16-17(12-14)25-11-10-24-16)13-20-18(22)21-15-4-3-8-23-9-7-15/h5-6,12,15H,3-4,7-11,13H2,1-2H3,(H2,20,21,22). The summed E-state index contributed by atoms with van der Waals surface area (Å²) in [5, 5.41) is 6.06. The fraction of sp³-hybridized carbons (Fsp3) is 0.632. The Morgan fingerprint density at radius 1 is 1.12 bits per heavy atom. The molecule has 6 nitrogen and oxygen atoms in total. The fourth-order valence-electron chi connectivity index (χ4n) is 3.15. The van der Waals surface area contributed by atoms with E-state index < -0.39 is 0 Å². The van der Waals surface area contributed by atoms with Gasteiger partial charge in [-0.05, 0) is 37.0 Å².